The molecule has 38 heavy (non-hydrogen) atoms. The van der Waals surface area contributed by atoms with E-state index in [0.717, 1.165) is 18.4 Å². The van der Waals surface area contributed by atoms with Crippen molar-refractivity contribution in [1.82, 2.24) is 0 Å². The van der Waals surface area contributed by atoms with Crippen molar-refractivity contribution in [2.24, 2.45) is 11.8 Å². The van der Waals surface area contributed by atoms with E-state index in [4.69, 9.17) is 9.47 Å². The van der Waals surface area contributed by atoms with E-state index in [1.165, 1.54) is 12.2 Å². The third kappa shape index (κ3) is 9.17. The Morgan fingerprint density at radius 3 is 2.37 bits per heavy atom. The van der Waals surface area contributed by atoms with Crippen molar-refractivity contribution in [3.8, 4) is 0 Å². The smallest absolute Gasteiger partial charge is 0.331 e. The van der Waals surface area contributed by atoms with Crippen LogP contribution >= 0.6 is 0 Å². The molecule has 0 radical (unpaired) electrons. The predicted octanol–water partition coefficient (Wildman–Crippen LogP) is 4.09. The van der Waals surface area contributed by atoms with Crippen LogP contribution in [0.5, 0.6) is 0 Å². The standard InChI is InChI=1S/C31H46O7/c1-8-11-21(5)29-31(38-29)30-22(6)16-18(2)13-10-15-24(32)27(35)23(7)28(36)26(34)20(4)14-9-12-19(3)17-25(33)37-30/h9-10,12,15,17,21-22,24,26-32,34-36H,2,4,7-8,11,13-14,16H2,1,3,5-6H3/b12-9+,15-10+,19-17+. The molecule has 4 N–H and O–H groups in total. The number of ether oxygens (including phenoxy) is 2. The fourth-order valence-electron chi connectivity index (χ4n) is 4.86. The molecule has 7 nitrogen and oxygen atoms in total. The summed E-state index contributed by atoms with van der Waals surface area (Å²) < 4.78 is 11.9. The first-order valence-corrected chi connectivity index (χ1v) is 13.5. The number of cyclic esters (lactones) is 1. The van der Waals surface area contributed by atoms with Gasteiger partial charge in [0, 0.05) is 6.08 Å². The second-order valence-corrected chi connectivity index (χ2v) is 10.8. The van der Waals surface area contributed by atoms with Crippen molar-refractivity contribution in [3.05, 3.63) is 72.4 Å². The van der Waals surface area contributed by atoms with Crippen LogP contribution in [-0.4, -0.2) is 69.1 Å². The van der Waals surface area contributed by atoms with Crippen LogP contribution in [-0.2, 0) is 14.3 Å². The highest BCUT2D eigenvalue weighted by Crippen LogP contribution is 2.39. The minimum absolute atomic E-state index is 0.0474. The fourth-order valence-corrected chi connectivity index (χ4v) is 4.86. The van der Waals surface area contributed by atoms with Gasteiger partial charge in [-0.1, -0.05) is 76.8 Å². The number of carbonyl (C=O) groups is 1. The molecule has 0 amide bonds. The lowest BCUT2D eigenvalue weighted by molar-refractivity contribution is -0.146. The van der Waals surface area contributed by atoms with Gasteiger partial charge in [0.1, 0.15) is 36.6 Å². The first-order chi connectivity index (χ1) is 17.9. The van der Waals surface area contributed by atoms with E-state index < -0.39 is 36.5 Å². The lowest BCUT2D eigenvalue weighted by Crippen LogP contribution is -2.37. The molecule has 0 aromatic rings. The molecular weight excluding hydrogens is 484 g/mol. The Morgan fingerprint density at radius 2 is 1.71 bits per heavy atom. The highest BCUT2D eigenvalue weighted by molar-refractivity contribution is 5.83. The number of aliphatic hydroxyl groups is 4. The Labute approximate surface area is 227 Å². The predicted molar refractivity (Wildman–Crippen MR) is 149 cm³/mol. The summed E-state index contributed by atoms with van der Waals surface area (Å²) in [6.07, 6.45) is 5.05. The molecule has 7 heteroatoms. The van der Waals surface area contributed by atoms with Crippen molar-refractivity contribution in [3.63, 3.8) is 0 Å². The molecule has 0 aromatic carbocycles. The van der Waals surface area contributed by atoms with Gasteiger partial charge in [-0.15, -0.1) is 0 Å². The van der Waals surface area contributed by atoms with Gasteiger partial charge in [0.05, 0.1) is 6.10 Å². The molecule has 0 saturated carbocycles. The molecule has 212 valence electrons. The molecule has 1 fully saturated rings. The van der Waals surface area contributed by atoms with Crippen molar-refractivity contribution >= 4 is 5.97 Å². The highest BCUT2D eigenvalue weighted by atomic mass is 16.6. The molecule has 0 bridgehead atoms. The Balaban J connectivity index is 2.28. The van der Waals surface area contributed by atoms with Gasteiger partial charge in [-0.05, 0) is 61.2 Å². The molecule has 2 aliphatic rings. The summed E-state index contributed by atoms with van der Waals surface area (Å²) in [7, 11) is 0. The number of rotatable bonds is 4. The number of epoxide rings is 1. The second-order valence-electron chi connectivity index (χ2n) is 10.8. The summed E-state index contributed by atoms with van der Waals surface area (Å²) in [6.45, 7) is 19.7. The lowest BCUT2D eigenvalue weighted by Gasteiger charge is -2.26. The number of carbonyl (C=O) groups excluding carboxylic acids is 1. The maximum absolute atomic E-state index is 12.8. The number of allylic oxidation sites excluding steroid dienone is 5. The van der Waals surface area contributed by atoms with Crippen molar-refractivity contribution in [2.75, 3.05) is 0 Å². The average Bonchev–Trinajstić information content (AvgIpc) is 3.65. The van der Waals surface area contributed by atoms with Gasteiger partial charge in [-0.25, -0.2) is 4.79 Å². The third-order valence-electron chi connectivity index (χ3n) is 7.26. The summed E-state index contributed by atoms with van der Waals surface area (Å²) in [4.78, 5) is 12.8. The van der Waals surface area contributed by atoms with E-state index >= 15 is 0 Å². The van der Waals surface area contributed by atoms with Crippen molar-refractivity contribution in [1.29, 1.82) is 0 Å². The van der Waals surface area contributed by atoms with Crippen LogP contribution in [0.4, 0.5) is 0 Å². The monoisotopic (exact) mass is 530 g/mol. The molecule has 0 spiro atoms. The lowest BCUT2D eigenvalue weighted by atomic mass is 9.89. The maximum atomic E-state index is 12.8. The number of esters is 1. The van der Waals surface area contributed by atoms with E-state index in [1.807, 2.05) is 6.92 Å². The Kier molecular flexibility index (Phi) is 12.4. The first kappa shape index (κ1) is 31.9. The van der Waals surface area contributed by atoms with Gasteiger partial charge >= 0.3 is 5.97 Å². The van der Waals surface area contributed by atoms with Crippen LogP contribution in [0.15, 0.2) is 72.4 Å². The van der Waals surface area contributed by atoms with Gasteiger partial charge < -0.3 is 29.9 Å². The first-order valence-electron chi connectivity index (χ1n) is 13.5. The SMILES string of the molecule is C=C1C/C=C/C(O)C(O)C(=C)C(O)C(O)C(=C)C/C=C/C(C)=C/C(=O)OC(C2OC2C(C)CCC)C(C)C1. The number of aliphatic hydroxyl groups excluding tert-OH is 4. The molecule has 0 aromatic heterocycles. The Bertz CT molecular complexity index is 946. The quantitative estimate of drug-likeness (QED) is 0.245. The average molecular weight is 531 g/mol. The maximum Gasteiger partial charge on any atom is 0.331 e. The zero-order valence-corrected chi connectivity index (χ0v) is 23.3. The van der Waals surface area contributed by atoms with Gasteiger partial charge in [-0.3, -0.25) is 0 Å². The van der Waals surface area contributed by atoms with Gasteiger partial charge in [-0.2, -0.15) is 0 Å². The van der Waals surface area contributed by atoms with Crippen LogP contribution in [0.25, 0.3) is 0 Å². The van der Waals surface area contributed by atoms with Crippen LogP contribution < -0.4 is 0 Å². The summed E-state index contributed by atoms with van der Waals surface area (Å²) in [6, 6.07) is 0. The topological polar surface area (TPSA) is 120 Å². The number of hydrogen-bond donors (Lipinski definition) is 4. The van der Waals surface area contributed by atoms with Gasteiger partial charge in [0.2, 0.25) is 0 Å². The zero-order valence-electron chi connectivity index (χ0n) is 23.3. The van der Waals surface area contributed by atoms with Crippen LogP contribution in [0.3, 0.4) is 0 Å². The molecule has 9 atom stereocenters. The molecule has 0 aliphatic carbocycles. The van der Waals surface area contributed by atoms with Crippen molar-refractivity contribution < 1.29 is 34.7 Å². The van der Waals surface area contributed by atoms with Crippen LogP contribution in [0, 0.1) is 11.8 Å². The Morgan fingerprint density at radius 1 is 1.03 bits per heavy atom. The molecule has 2 heterocycles. The molecular formula is C31H46O7. The largest absolute Gasteiger partial charge is 0.456 e. The summed E-state index contributed by atoms with van der Waals surface area (Å²) in [5, 5.41) is 41.8. The second kappa shape index (κ2) is 14.8. The van der Waals surface area contributed by atoms with E-state index in [9.17, 15) is 25.2 Å². The molecule has 9 unspecified atom stereocenters. The molecule has 2 rings (SSSR count). The van der Waals surface area contributed by atoms with E-state index in [1.54, 1.807) is 25.2 Å². The third-order valence-corrected chi connectivity index (χ3v) is 7.26. The fraction of sp³-hybridized carbons (Fsp3) is 0.581. The molecule has 2 aliphatic heterocycles. The zero-order chi connectivity index (χ0) is 28.6. The van der Waals surface area contributed by atoms with E-state index in [0.29, 0.717) is 29.9 Å². The van der Waals surface area contributed by atoms with E-state index in [-0.39, 0.29) is 30.1 Å². The highest BCUT2D eigenvalue weighted by Gasteiger charge is 2.51. The normalized spacial score (nSPS) is 38.5. The van der Waals surface area contributed by atoms with Gasteiger partial charge in [0.25, 0.3) is 0 Å². The minimum Gasteiger partial charge on any atom is -0.456 e. The Hall–Kier alpha value is -2.29. The minimum atomic E-state index is -1.51. The summed E-state index contributed by atoms with van der Waals surface area (Å²) in [5.41, 5.74) is 1.70. The van der Waals surface area contributed by atoms with Crippen LogP contribution in [0.2, 0.25) is 0 Å². The van der Waals surface area contributed by atoms with Crippen molar-refractivity contribution in [2.45, 2.75) is 103 Å². The number of hydrogen-bond acceptors (Lipinski definition) is 7. The summed E-state index contributed by atoms with van der Waals surface area (Å²) in [5.74, 6) is -0.134. The summed E-state index contributed by atoms with van der Waals surface area (Å²) >= 11 is 0. The van der Waals surface area contributed by atoms with Crippen LogP contribution in [0.1, 0.15) is 59.8 Å². The van der Waals surface area contributed by atoms with Gasteiger partial charge in [0.15, 0.2) is 0 Å². The van der Waals surface area contributed by atoms with E-state index in [2.05, 4.69) is 33.6 Å². The molecule has 1 saturated heterocycles.